The standard InChI is InChI=1S/C14H11NO5.C10H15N3O5/c1-8-2-4-9(5-3-8)13(17)10-6-11(15(19)20)14(18)12(16)7-10;11-6(4-14)10(18)13-12-3-5-1-2-7(15)9(17)8(5)16/h2-7,16,18H,1H3;1-2,6,12,14-17H,3-4,11H2,(H,13,18). The minimum atomic E-state index is -1.04. The van der Waals surface area contributed by atoms with Crippen LogP contribution in [0.4, 0.5) is 5.69 Å². The lowest BCUT2D eigenvalue weighted by molar-refractivity contribution is -0.386. The highest BCUT2D eigenvalue weighted by Gasteiger charge is 2.22. The van der Waals surface area contributed by atoms with E-state index in [0.29, 0.717) is 5.56 Å². The smallest absolute Gasteiger partial charge is 0.315 e. The van der Waals surface area contributed by atoms with Gasteiger partial charge in [-0.2, -0.15) is 0 Å². The molecule has 0 aliphatic carbocycles. The largest absolute Gasteiger partial charge is 0.504 e. The fourth-order valence-corrected chi connectivity index (χ4v) is 2.90. The van der Waals surface area contributed by atoms with Gasteiger partial charge in [0.25, 0.3) is 5.91 Å². The van der Waals surface area contributed by atoms with E-state index in [1.807, 2.05) is 6.92 Å². The molecule has 14 nitrogen and oxygen atoms in total. The first-order valence-electron chi connectivity index (χ1n) is 10.8. The number of carbonyl (C=O) groups excluding carboxylic acids is 2. The lowest BCUT2D eigenvalue weighted by Crippen LogP contribution is -2.48. The van der Waals surface area contributed by atoms with Gasteiger partial charge in [0.1, 0.15) is 6.04 Å². The summed E-state index contributed by atoms with van der Waals surface area (Å²) in [5.41, 5.74) is 10.7. The van der Waals surface area contributed by atoms with E-state index < -0.39 is 63.7 Å². The van der Waals surface area contributed by atoms with Gasteiger partial charge in [-0.3, -0.25) is 25.1 Å². The van der Waals surface area contributed by atoms with Crippen LogP contribution in [0.15, 0.2) is 48.5 Å². The molecule has 0 aromatic heterocycles. The summed E-state index contributed by atoms with van der Waals surface area (Å²) in [4.78, 5) is 33.2. The van der Waals surface area contributed by atoms with Crippen molar-refractivity contribution in [3.8, 4) is 28.7 Å². The van der Waals surface area contributed by atoms with Gasteiger partial charge in [-0.15, -0.1) is 0 Å². The molecule has 3 aromatic rings. The van der Waals surface area contributed by atoms with Crippen LogP contribution < -0.4 is 16.6 Å². The summed E-state index contributed by atoms with van der Waals surface area (Å²) >= 11 is 0. The van der Waals surface area contributed by atoms with Crippen molar-refractivity contribution in [3.05, 3.63) is 80.9 Å². The molecule has 0 aliphatic rings. The van der Waals surface area contributed by atoms with Gasteiger partial charge in [-0.1, -0.05) is 35.9 Å². The molecule has 0 saturated heterocycles. The second-order valence-corrected chi connectivity index (χ2v) is 7.89. The van der Waals surface area contributed by atoms with E-state index in [1.54, 1.807) is 24.3 Å². The molecular weight excluding hydrogens is 504 g/mol. The lowest BCUT2D eigenvalue weighted by atomic mass is 10.0. The minimum absolute atomic E-state index is 0.00353. The van der Waals surface area contributed by atoms with Crippen LogP contribution in [0.5, 0.6) is 28.7 Å². The Hall–Kier alpha value is -4.92. The zero-order valence-corrected chi connectivity index (χ0v) is 20.0. The van der Waals surface area contributed by atoms with Gasteiger partial charge in [0, 0.05) is 29.3 Å². The van der Waals surface area contributed by atoms with Crippen molar-refractivity contribution in [2.24, 2.45) is 5.73 Å². The zero-order valence-electron chi connectivity index (χ0n) is 20.0. The second-order valence-electron chi connectivity index (χ2n) is 7.89. The Kier molecular flexibility index (Phi) is 9.92. The highest BCUT2D eigenvalue weighted by Crippen LogP contribution is 2.37. The Labute approximate surface area is 215 Å². The first kappa shape index (κ1) is 29.3. The normalized spacial score (nSPS) is 11.1. The molecule has 3 rings (SSSR count). The highest BCUT2D eigenvalue weighted by atomic mass is 16.6. The van der Waals surface area contributed by atoms with Crippen LogP contribution >= 0.6 is 0 Å². The number of ketones is 1. The summed E-state index contributed by atoms with van der Waals surface area (Å²) in [5, 5.41) is 66.0. The maximum atomic E-state index is 12.2. The fraction of sp³-hybridized carbons (Fsp3) is 0.167. The molecule has 0 heterocycles. The monoisotopic (exact) mass is 530 g/mol. The number of benzene rings is 3. The van der Waals surface area contributed by atoms with Gasteiger partial charge in [0.2, 0.25) is 11.5 Å². The number of nitro groups is 1. The van der Waals surface area contributed by atoms with Crippen LogP contribution in [0.1, 0.15) is 27.0 Å². The Bertz CT molecular complexity index is 1330. The van der Waals surface area contributed by atoms with Gasteiger partial charge in [0.15, 0.2) is 23.0 Å². The van der Waals surface area contributed by atoms with Crippen LogP contribution in [0.3, 0.4) is 0 Å². The number of aromatic hydroxyl groups is 5. The van der Waals surface area contributed by atoms with Crippen molar-refractivity contribution in [2.75, 3.05) is 6.61 Å². The number of aliphatic hydroxyl groups excluding tert-OH is 1. The van der Waals surface area contributed by atoms with Crippen molar-refractivity contribution in [3.63, 3.8) is 0 Å². The Morgan fingerprint density at radius 2 is 1.55 bits per heavy atom. The number of hydrazine groups is 1. The van der Waals surface area contributed by atoms with Gasteiger partial charge in [-0.25, -0.2) is 5.43 Å². The Morgan fingerprint density at radius 3 is 2.13 bits per heavy atom. The molecule has 0 spiro atoms. The summed E-state index contributed by atoms with van der Waals surface area (Å²) in [7, 11) is 0. The number of rotatable bonds is 8. The van der Waals surface area contributed by atoms with Gasteiger partial charge < -0.3 is 36.4 Å². The first-order valence-corrected chi connectivity index (χ1v) is 10.8. The molecule has 202 valence electrons. The molecule has 0 bridgehead atoms. The van der Waals surface area contributed by atoms with Crippen LogP contribution in [-0.2, 0) is 11.3 Å². The summed E-state index contributed by atoms with van der Waals surface area (Å²) in [6.07, 6.45) is 0. The third-order valence-electron chi connectivity index (χ3n) is 5.08. The van der Waals surface area contributed by atoms with E-state index in [0.717, 1.165) is 17.7 Å². The SMILES string of the molecule is Cc1ccc(C(=O)c2cc(O)c(O)c([N+](=O)[O-])c2)cc1.NC(CO)C(=O)NNCc1ccc(O)c(O)c1O. The molecule has 0 radical (unpaired) electrons. The molecule has 3 aromatic carbocycles. The lowest BCUT2D eigenvalue weighted by Gasteiger charge is -2.12. The number of hydrogen-bond donors (Lipinski definition) is 9. The molecule has 1 atom stereocenters. The van der Waals surface area contributed by atoms with Crippen molar-refractivity contribution in [2.45, 2.75) is 19.5 Å². The second kappa shape index (κ2) is 12.9. The van der Waals surface area contributed by atoms with Crippen LogP contribution in [0.25, 0.3) is 0 Å². The van der Waals surface area contributed by atoms with E-state index in [1.165, 1.54) is 12.1 Å². The molecule has 1 amide bonds. The molecular formula is C24H26N4O10. The minimum Gasteiger partial charge on any atom is -0.504 e. The predicted octanol–water partition coefficient (Wildman–Crippen LogP) is 0.789. The number of phenols is 5. The van der Waals surface area contributed by atoms with Gasteiger partial charge in [-0.05, 0) is 19.1 Å². The maximum absolute atomic E-state index is 12.2. The Morgan fingerprint density at radius 1 is 0.921 bits per heavy atom. The van der Waals surface area contributed by atoms with Gasteiger partial charge in [0.05, 0.1) is 11.5 Å². The number of carbonyl (C=O) groups is 2. The van der Waals surface area contributed by atoms with E-state index in [9.17, 15) is 40.1 Å². The van der Waals surface area contributed by atoms with E-state index in [4.69, 9.17) is 15.9 Å². The maximum Gasteiger partial charge on any atom is 0.315 e. The summed E-state index contributed by atoms with van der Waals surface area (Å²) in [6, 6.07) is 10.1. The molecule has 38 heavy (non-hydrogen) atoms. The number of aliphatic hydroxyl groups is 1. The molecule has 14 heteroatoms. The van der Waals surface area contributed by atoms with Crippen LogP contribution in [-0.4, -0.2) is 59.9 Å². The van der Waals surface area contributed by atoms with E-state index in [2.05, 4.69) is 10.9 Å². The molecule has 1 unspecified atom stereocenters. The Balaban J connectivity index is 0.000000269. The number of nitrogens with two attached hydrogens (primary N) is 1. The fourth-order valence-electron chi connectivity index (χ4n) is 2.90. The third kappa shape index (κ3) is 7.30. The zero-order chi connectivity index (χ0) is 28.6. The molecule has 0 fully saturated rings. The van der Waals surface area contributed by atoms with E-state index >= 15 is 0 Å². The number of nitro benzene ring substituents is 1. The number of aryl methyl sites for hydroxylation is 1. The average molecular weight is 530 g/mol. The third-order valence-corrected chi connectivity index (χ3v) is 5.08. The van der Waals surface area contributed by atoms with Gasteiger partial charge >= 0.3 is 5.69 Å². The van der Waals surface area contributed by atoms with Crippen molar-refractivity contribution in [1.82, 2.24) is 10.9 Å². The van der Waals surface area contributed by atoms with Crippen molar-refractivity contribution in [1.29, 1.82) is 0 Å². The quantitative estimate of drug-likeness (QED) is 0.0848. The average Bonchev–Trinajstić information content (AvgIpc) is 2.89. The number of phenolic OH excluding ortho intramolecular Hbond substituents is 5. The molecule has 10 N–H and O–H groups in total. The highest BCUT2D eigenvalue weighted by molar-refractivity contribution is 6.09. The molecule has 0 saturated carbocycles. The summed E-state index contributed by atoms with van der Waals surface area (Å²) in [5.74, 6) is -4.19. The number of nitrogens with zero attached hydrogens (tertiary/aromatic N) is 1. The predicted molar refractivity (Wildman–Crippen MR) is 133 cm³/mol. The van der Waals surface area contributed by atoms with Crippen molar-refractivity contribution >= 4 is 17.4 Å². The topological polar surface area (TPSA) is 249 Å². The first-order chi connectivity index (χ1) is 17.9. The van der Waals surface area contributed by atoms with E-state index in [-0.39, 0.29) is 17.7 Å². The number of amides is 1. The van der Waals surface area contributed by atoms with Crippen LogP contribution in [0.2, 0.25) is 0 Å². The van der Waals surface area contributed by atoms with Crippen LogP contribution in [0, 0.1) is 17.0 Å². The number of hydrogen-bond acceptors (Lipinski definition) is 12. The summed E-state index contributed by atoms with van der Waals surface area (Å²) < 4.78 is 0. The number of nitrogens with one attached hydrogen (secondary N) is 2. The summed E-state index contributed by atoms with van der Waals surface area (Å²) in [6.45, 7) is 1.38. The molecule has 0 aliphatic heterocycles. The van der Waals surface area contributed by atoms with Crippen molar-refractivity contribution < 1.29 is 45.2 Å².